The minimum atomic E-state index is 0.0393. The molecule has 1 amide bonds. The smallest absolute Gasteiger partial charge is 0.230 e. The Morgan fingerprint density at radius 2 is 1.96 bits per heavy atom. The molecule has 0 aliphatic rings. The number of carbonyl (C=O) groups excluding carboxylic acids is 1. The fraction of sp³-hybridized carbons (Fsp3) is 0.389. The number of aromatic nitrogens is 2. The Morgan fingerprint density at radius 3 is 2.70 bits per heavy atom. The van der Waals surface area contributed by atoms with Gasteiger partial charge in [-0.05, 0) is 19.4 Å². The number of benzene rings is 1. The summed E-state index contributed by atoms with van der Waals surface area (Å²) in [5.74, 6) is 0.390. The van der Waals surface area contributed by atoms with E-state index in [1.807, 2.05) is 43.3 Å². The summed E-state index contributed by atoms with van der Waals surface area (Å²) in [6.07, 6.45) is 3.34. The van der Waals surface area contributed by atoms with Crippen LogP contribution in [0.1, 0.15) is 31.9 Å². The maximum Gasteiger partial charge on any atom is 0.230 e. The van der Waals surface area contributed by atoms with Gasteiger partial charge in [0.15, 0.2) is 5.16 Å². The van der Waals surface area contributed by atoms with Gasteiger partial charge in [0.05, 0.1) is 11.4 Å². The van der Waals surface area contributed by atoms with E-state index in [4.69, 9.17) is 0 Å². The molecule has 2 aromatic rings. The molecule has 5 heteroatoms. The summed E-state index contributed by atoms with van der Waals surface area (Å²) in [5.41, 5.74) is 2.86. The summed E-state index contributed by atoms with van der Waals surface area (Å²) < 4.78 is 0. The summed E-state index contributed by atoms with van der Waals surface area (Å²) in [5, 5.41) is 3.58. The van der Waals surface area contributed by atoms with Gasteiger partial charge in [-0.1, -0.05) is 61.9 Å². The number of hydrogen-bond donors (Lipinski definition) is 1. The molecule has 4 nitrogen and oxygen atoms in total. The molecule has 1 aromatic heterocycles. The van der Waals surface area contributed by atoms with Crippen LogP contribution in [0.4, 0.5) is 0 Å². The first kappa shape index (κ1) is 17.5. The predicted molar refractivity (Wildman–Crippen MR) is 95.5 cm³/mol. The van der Waals surface area contributed by atoms with Crippen molar-refractivity contribution < 1.29 is 4.79 Å². The molecular weight excluding hydrogens is 306 g/mol. The van der Waals surface area contributed by atoms with E-state index in [9.17, 15) is 4.79 Å². The van der Waals surface area contributed by atoms with Crippen LogP contribution in [0.15, 0.2) is 41.6 Å². The van der Waals surface area contributed by atoms with E-state index in [2.05, 4.69) is 22.2 Å². The monoisotopic (exact) mass is 329 g/mol. The average molecular weight is 329 g/mol. The lowest BCUT2D eigenvalue weighted by atomic mass is 10.1. The summed E-state index contributed by atoms with van der Waals surface area (Å²) >= 11 is 1.38. The van der Waals surface area contributed by atoms with Gasteiger partial charge in [0.1, 0.15) is 0 Å². The number of amides is 1. The molecule has 1 heterocycles. The van der Waals surface area contributed by atoms with E-state index in [1.165, 1.54) is 11.8 Å². The standard InChI is InChI=1S/C18H23N3OS/c1-3-4-8-11-19-17(22)13-23-18-20-14(2)12-16(21-18)15-9-6-5-7-10-15/h5-7,9-10,12H,3-4,8,11,13H2,1-2H3,(H,19,22). The van der Waals surface area contributed by atoms with Crippen LogP contribution in [-0.2, 0) is 4.79 Å². The molecule has 23 heavy (non-hydrogen) atoms. The van der Waals surface area contributed by atoms with Gasteiger partial charge in [0, 0.05) is 17.8 Å². The van der Waals surface area contributed by atoms with Crippen molar-refractivity contribution >= 4 is 17.7 Å². The topological polar surface area (TPSA) is 54.9 Å². The molecule has 2 rings (SSSR count). The van der Waals surface area contributed by atoms with Gasteiger partial charge in [-0.25, -0.2) is 9.97 Å². The van der Waals surface area contributed by atoms with Gasteiger partial charge in [0.25, 0.3) is 0 Å². The van der Waals surface area contributed by atoms with Crippen molar-refractivity contribution in [1.29, 1.82) is 0 Å². The number of nitrogens with zero attached hydrogens (tertiary/aromatic N) is 2. The molecule has 0 atom stereocenters. The Hall–Kier alpha value is -1.88. The van der Waals surface area contributed by atoms with Crippen LogP contribution < -0.4 is 5.32 Å². The van der Waals surface area contributed by atoms with Crippen LogP contribution in [0.3, 0.4) is 0 Å². The van der Waals surface area contributed by atoms with Crippen molar-refractivity contribution in [3.8, 4) is 11.3 Å². The van der Waals surface area contributed by atoms with Gasteiger partial charge in [-0.15, -0.1) is 0 Å². The summed E-state index contributed by atoms with van der Waals surface area (Å²) in [6, 6.07) is 12.0. The number of carbonyl (C=O) groups is 1. The highest BCUT2D eigenvalue weighted by Crippen LogP contribution is 2.21. The number of hydrogen-bond acceptors (Lipinski definition) is 4. The molecule has 0 aliphatic carbocycles. The molecule has 122 valence electrons. The quantitative estimate of drug-likeness (QED) is 0.454. The zero-order valence-electron chi connectivity index (χ0n) is 13.7. The average Bonchev–Trinajstić information content (AvgIpc) is 2.57. The molecule has 0 unspecified atom stereocenters. The second-order valence-corrected chi connectivity index (χ2v) is 6.33. The third-order valence-corrected chi connectivity index (χ3v) is 4.19. The van der Waals surface area contributed by atoms with E-state index in [0.29, 0.717) is 10.9 Å². The first-order valence-corrected chi connectivity index (χ1v) is 8.98. The molecule has 0 saturated carbocycles. The van der Waals surface area contributed by atoms with Crippen LogP contribution in [0, 0.1) is 6.92 Å². The molecule has 0 aliphatic heterocycles. The van der Waals surface area contributed by atoms with E-state index >= 15 is 0 Å². The lowest BCUT2D eigenvalue weighted by molar-refractivity contribution is -0.118. The normalized spacial score (nSPS) is 10.5. The third-order valence-electron chi connectivity index (χ3n) is 3.34. The highest BCUT2D eigenvalue weighted by atomic mass is 32.2. The summed E-state index contributed by atoms with van der Waals surface area (Å²) in [6.45, 7) is 4.84. The first-order valence-electron chi connectivity index (χ1n) is 7.99. The van der Waals surface area contributed by atoms with Crippen LogP contribution in [0.2, 0.25) is 0 Å². The lowest BCUT2D eigenvalue weighted by Gasteiger charge is -2.07. The fourth-order valence-corrected chi connectivity index (χ4v) is 2.88. The van der Waals surface area contributed by atoms with Gasteiger partial charge in [0.2, 0.25) is 5.91 Å². The summed E-state index contributed by atoms with van der Waals surface area (Å²) in [7, 11) is 0. The highest BCUT2D eigenvalue weighted by Gasteiger charge is 2.08. The maximum atomic E-state index is 11.8. The van der Waals surface area contributed by atoms with E-state index < -0.39 is 0 Å². The van der Waals surface area contributed by atoms with E-state index in [0.717, 1.165) is 42.8 Å². The minimum Gasteiger partial charge on any atom is -0.355 e. The Morgan fingerprint density at radius 1 is 1.17 bits per heavy atom. The molecule has 0 fully saturated rings. The Balaban J connectivity index is 1.93. The van der Waals surface area contributed by atoms with Gasteiger partial charge in [-0.3, -0.25) is 4.79 Å². The number of unbranched alkanes of at least 4 members (excludes halogenated alkanes) is 2. The van der Waals surface area contributed by atoms with Crippen molar-refractivity contribution in [3.63, 3.8) is 0 Å². The molecule has 0 spiro atoms. The second-order valence-electron chi connectivity index (χ2n) is 5.39. The number of nitrogens with one attached hydrogen (secondary N) is 1. The maximum absolute atomic E-state index is 11.8. The zero-order chi connectivity index (χ0) is 16.5. The highest BCUT2D eigenvalue weighted by molar-refractivity contribution is 7.99. The van der Waals surface area contributed by atoms with Crippen molar-refractivity contribution in [2.24, 2.45) is 0 Å². The van der Waals surface area contributed by atoms with Crippen molar-refractivity contribution in [1.82, 2.24) is 15.3 Å². The number of aryl methyl sites for hydroxylation is 1. The number of rotatable bonds is 8. The Bertz CT molecular complexity index is 631. The third kappa shape index (κ3) is 6.02. The van der Waals surface area contributed by atoms with Crippen LogP contribution >= 0.6 is 11.8 Å². The van der Waals surface area contributed by atoms with E-state index in [1.54, 1.807) is 0 Å². The second kappa shape index (κ2) is 9.30. The molecular formula is C18H23N3OS. The van der Waals surface area contributed by atoms with Gasteiger partial charge >= 0.3 is 0 Å². The zero-order valence-corrected chi connectivity index (χ0v) is 14.5. The molecule has 0 saturated heterocycles. The van der Waals surface area contributed by atoms with Crippen molar-refractivity contribution in [3.05, 3.63) is 42.1 Å². The summed E-state index contributed by atoms with van der Waals surface area (Å²) in [4.78, 5) is 20.8. The lowest BCUT2D eigenvalue weighted by Crippen LogP contribution is -2.26. The van der Waals surface area contributed by atoms with Crippen molar-refractivity contribution in [2.45, 2.75) is 38.3 Å². The van der Waals surface area contributed by atoms with Crippen LogP contribution in [0.25, 0.3) is 11.3 Å². The van der Waals surface area contributed by atoms with Crippen LogP contribution in [-0.4, -0.2) is 28.2 Å². The minimum absolute atomic E-state index is 0.0393. The van der Waals surface area contributed by atoms with E-state index in [-0.39, 0.29) is 5.91 Å². The predicted octanol–water partition coefficient (Wildman–Crippen LogP) is 3.85. The Labute approximate surface area is 142 Å². The van der Waals surface area contributed by atoms with Gasteiger partial charge < -0.3 is 5.32 Å². The number of thioether (sulfide) groups is 1. The van der Waals surface area contributed by atoms with Crippen LogP contribution in [0.5, 0.6) is 0 Å². The first-order chi connectivity index (χ1) is 11.2. The SMILES string of the molecule is CCCCCNC(=O)CSc1nc(C)cc(-c2ccccc2)n1. The molecule has 0 radical (unpaired) electrons. The van der Waals surface area contributed by atoms with Crippen molar-refractivity contribution in [2.75, 3.05) is 12.3 Å². The molecule has 0 bridgehead atoms. The largest absolute Gasteiger partial charge is 0.355 e. The Kier molecular flexibility index (Phi) is 7.07. The molecule has 1 aromatic carbocycles. The van der Waals surface area contributed by atoms with Gasteiger partial charge in [-0.2, -0.15) is 0 Å². The molecule has 1 N–H and O–H groups in total. The fourth-order valence-electron chi connectivity index (χ4n) is 2.15.